The van der Waals surface area contributed by atoms with E-state index in [0.717, 1.165) is 16.9 Å². The Balaban J connectivity index is 1.64. The summed E-state index contributed by atoms with van der Waals surface area (Å²) in [7, 11) is 1.63. The first kappa shape index (κ1) is 27.7. The van der Waals surface area contributed by atoms with Crippen LogP contribution in [0.4, 0.5) is 8.78 Å². The molecule has 7 heteroatoms. The van der Waals surface area contributed by atoms with Gasteiger partial charge in [-0.3, -0.25) is 14.6 Å². The molecule has 5 nitrogen and oxygen atoms in total. The van der Waals surface area contributed by atoms with E-state index in [1.807, 2.05) is 62.4 Å². The first-order valence-corrected chi connectivity index (χ1v) is 13.3. The van der Waals surface area contributed by atoms with Crippen molar-refractivity contribution in [3.63, 3.8) is 0 Å². The summed E-state index contributed by atoms with van der Waals surface area (Å²) in [6.07, 6.45) is -1.26. The highest BCUT2D eigenvalue weighted by molar-refractivity contribution is 5.94. The van der Waals surface area contributed by atoms with Crippen molar-refractivity contribution in [2.75, 3.05) is 33.3 Å². The quantitative estimate of drug-likeness (QED) is 0.328. The molecule has 202 valence electrons. The summed E-state index contributed by atoms with van der Waals surface area (Å²) in [6.45, 7) is 8.15. The van der Waals surface area contributed by atoms with Gasteiger partial charge < -0.3 is 9.64 Å². The minimum atomic E-state index is -1.26. The Labute approximate surface area is 224 Å². The second kappa shape index (κ2) is 12.5. The van der Waals surface area contributed by atoms with Crippen molar-refractivity contribution in [1.29, 1.82) is 0 Å². The fraction of sp³-hybridized carbons (Fsp3) is 0.387. The van der Waals surface area contributed by atoms with Crippen molar-refractivity contribution >= 4 is 5.91 Å². The molecule has 0 N–H and O–H groups in total. The van der Waals surface area contributed by atoms with Crippen LogP contribution in [0, 0.1) is 5.82 Å². The predicted octanol–water partition coefficient (Wildman–Crippen LogP) is 5.91. The number of piperazine rings is 1. The van der Waals surface area contributed by atoms with Crippen LogP contribution in [0.15, 0.2) is 72.8 Å². The van der Waals surface area contributed by atoms with Gasteiger partial charge in [0, 0.05) is 49.9 Å². The predicted molar refractivity (Wildman–Crippen MR) is 146 cm³/mol. The fourth-order valence-corrected chi connectivity index (χ4v) is 5.29. The molecule has 1 heterocycles. The van der Waals surface area contributed by atoms with Gasteiger partial charge in [-0.25, -0.2) is 8.78 Å². The molecule has 0 radical (unpaired) electrons. The summed E-state index contributed by atoms with van der Waals surface area (Å²) in [5.41, 5.74) is 3.08. The van der Waals surface area contributed by atoms with E-state index in [0.29, 0.717) is 30.8 Å². The Morgan fingerprint density at radius 2 is 1.71 bits per heavy atom. The fourth-order valence-electron chi connectivity index (χ4n) is 5.29. The molecule has 1 amide bonds. The number of methoxy groups -OCH3 is 1. The summed E-state index contributed by atoms with van der Waals surface area (Å²) in [5, 5.41) is 0. The summed E-state index contributed by atoms with van der Waals surface area (Å²) >= 11 is 0. The topological polar surface area (TPSA) is 36.0 Å². The van der Waals surface area contributed by atoms with Crippen molar-refractivity contribution < 1.29 is 18.3 Å². The minimum Gasteiger partial charge on any atom is -0.497 e. The van der Waals surface area contributed by atoms with Gasteiger partial charge >= 0.3 is 0 Å². The van der Waals surface area contributed by atoms with Crippen molar-refractivity contribution in [1.82, 2.24) is 14.7 Å². The van der Waals surface area contributed by atoms with Crippen molar-refractivity contribution in [2.24, 2.45) is 0 Å². The minimum absolute atomic E-state index is 0.00145. The molecule has 1 fully saturated rings. The molecule has 0 bridgehead atoms. The summed E-state index contributed by atoms with van der Waals surface area (Å²) in [5.74, 6) is 0.408. The monoisotopic (exact) mass is 521 g/mol. The van der Waals surface area contributed by atoms with E-state index in [2.05, 4.69) is 11.8 Å². The third-order valence-corrected chi connectivity index (χ3v) is 7.42. The molecule has 1 saturated heterocycles. The molecule has 3 atom stereocenters. The molecule has 1 aliphatic rings. The first-order chi connectivity index (χ1) is 18.4. The number of carbonyl (C=O) groups is 1. The van der Waals surface area contributed by atoms with E-state index in [1.165, 1.54) is 6.07 Å². The average Bonchev–Trinajstić information content (AvgIpc) is 2.93. The Morgan fingerprint density at radius 3 is 2.37 bits per heavy atom. The Morgan fingerprint density at radius 1 is 1.00 bits per heavy atom. The van der Waals surface area contributed by atoms with E-state index in [4.69, 9.17) is 4.74 Å². The number of carbonyl (C=O) groups excluding carboxylic acids is 1. The van der Waals surface area contributed by atoms with E-state index in [1.54, 1.807) is 35.1 Å². The van der Waals surface area contributed by atoms with Crippen LogP contribution >= 0.6 is 0 Å². The molecule has 4 rings (SSSR count). The van der Waals surface area contributed by atoms with Crippen LogP contribution in [-0.4, -0.2) is 66.2 Å². The number of nitrogens with zero attached hydrogens (tertiary/aromatic N) is 3. The van der Waals surface area contributed by atoms with E-state index in [9.17, 15) is 9.18 Å². The largest absolute Gasteiger partial charge is 0.497 e. The zero-order valence-corrected chi connectivity index (χ0v) is 22.6. The maximum atomic E-state index is 15.6. The summed E-state index contributed by atoms with van der Waals surface area (Å²) in [4.78, 5) is 18.5. The lowest BCUT2D eigenvalue weighted by Gasteiger charge is -2.46. The maximum Gasteiger partial charge on any atom is 0.253 e. The number of hydrogen-bond donors (Lipinski definition) is 0. The summed E-state index contributed by atoms with van der Waals surface area (Å²) < 4.78 is 35.4. The van der Waals surface area contributed by atoms with E-state index < -0.39 is 6.30 Å². The van der Waals surface area contributed by atoms with Crippen molar-refractivity contribution in [3.8, 4) is 5.75 Å². The van der Waals surface area contributed by atoms with Gasteiger partial charge in [-0.05, 0) is 62.2 Å². The molecule has 0 spiro atoms. The molecule has 1 aliphatic heterocycles. The second-order valence-corrected chi connectivity index (χ2v) is 9.78. The molecule has 3 aromatic carbocycles. The number of amides is 1. The van der Waals surface area contributed by atoms with Gasteiger partial charge in [0.1, 0.15) is 11.6 Å². The Kier molecular flexibility index (Phi) is 9.13. The number of alkyl halides is 1. The van der Waals surface area contributed by atoms with Crippen LogP contribution in [0.2, 0.25) is 0 Å². The lowest BCUT2D eigenvalue weighted by molar-refractivity contribution is -0.0446. The highest BCUT2D eigenvalue weighted by atomic mass is 19.1. The third-order valence-electron chi connectivity index (χ3n) is 7.42. The molecule has 38 heavy (non-hydrogen) atoms. The first-order valence-electron chi connectivity index (χ1n) is 13.3. The molecule has 0 aliphatic carbocycles. The van der Waals surface area contributed by atoms with Crippen LogP contribution in [0.25, 0.3) is 0 Å². The molecular weight excluding hydrogens is 484 g/mol. The van der Waals surface area contributed by atoms with Crippen LogP contribution in [0.1, 0.15) is 53.9 Å². The van der Waals surface area contributed by atoms with Crippen molar-refractivity contribution in [2.45, 2.75) is 45.7 Å². The van der Waals surface area contributed by atoms with Gasteiger partial charge in [0.2, 0.25) is 0 Å². The Bertz CT molecular complexity index is 1220. The van der Waals surface area contributed by atoms with Gasteiger partial charge in [0.05, 0.1) is 13.2 Å². The van der Waals surface area contributed by atoms with Gasteiger partial charge in [0.25, 0.3) is 5.91 Å². The summed E-state index contributed by atoms with van der Waals surface area (Å²) in [6, 6.07) is 21.8. The van der Waals surface area contributed by atoms with Crippen LogP contribution in [-0.2, 0) is 6.54 Å². The lowest BCUT2D eigenvalue weighted by atomic mass is 9.93. The molecule has 0 saturated carbocycles. The zero-order valence-electron chi connectivity index (χ0n) is 22.6. The molecule has 0 aromatic heterocycles. The van der Waals surface area contributed by atoms with Crippen LogP contribution in [0.5, 0.6) is 5.75 Å². The molecular formula is C31H37F2N3O2. The van der Waals surface area contributed by atoms with Gasteiger partial charge in [0.15, 0.2) is 6.30 Å². The van der Waals surface area contributed by atoms with Gasteiger partial charge in [-0.2, -0.15) is 0 Å². The highest BCUT2D eigenvalue weighted by Gasteiger charge is 2.37. The maximum absolute atomic E-state index is 15.6. The van der Waals surface area contributed by atoms with E-state index in [-0.39, 0.29) is 36.9 Å². The zero-order chi connectivity index (χ0) is 27.2. The van der Waals surface area contributed by atoms with E-state index >= 15 is 4.39 Å². The van der Waals surface area contributed by atoms with Crippen molar-refractivity contribution in [3.05, 3.63) is 101 Å². The lowest BCUT2D eigenvalue weighted by Crippen LogP contribution is -2.56. The van der Waals surface area contributed by atoms with Crippen LogP contribution < -0.4 is 4.74 Å². The Hall–Kier alpha value is -3.29. The number of benzene rings is 3. The molecule has 3 aromatic rings. The van der Waals surface area contributed by atoms with Gasteiger partial charge in [-0.15, -0.1) is 0 Å². The standard InChI is InChI=1S/C31H37F2N3O2/c1-5-34(6-2)31(37)24-16-14-23(15-17-24)30(25-11-9-12-27(18-25)38-4)36-21-29(33)35(19-22(36)3)20-26-10-7-8-13-28(26)32/h7-18,22,29-30H,5-6,19-21H2,1-4H3/t22-,29-,30?/m0/s1. The highest BCUT2D eigenvalue weighted by Crippen LogP contribution is 2.35. The SMILES string of the molecule is CCN(CC)C(=O)c1ccc(C(c2cccc(OC)c2)N2C[C@@H](F)N(Cc3ccccc3F)C[C@@H]2C)cc1. The van der Waals surface area contributed by atoms with Gasteiger partial charge in [-0.1, -0.05) is 42.5 Å². The molecule has 1 unspecified atom stereocenters. The van der Waals surface area contributed by atoms with Crippen LogP contribution in [0.3, 0.4) is 0 Å². The average molecular weight is 522 g/mol. The number of rotatable bonds is 9. The number of hydrogen-bond acceptors (Lipinski definition) is 4. The smallest absolute Gasteiger partial charge is 0.253 e. The second-order valence-electron chi connectivity index (χ2n) is 9.78. The third kappa shape index (κ3) is 6.05. The number of halogens is 2. The number of ether oxygens (including phenoxy) is 1. The normalized spacial score (nSPS) is 19.2.